The molecule has 0 spiro atoms. The van der Waals surface area contributed by atoms with E-state index >= 15 is 0 Å². The van der Waals surface area contributed by atoms with Crippen LogP contribution < -0.4 is 10.2 Å². The van der Waals surface area contributed by atoms with Crippen molar-refractivity contribution in [1.82, 2.24) is 4.98 Å². The number of nitrogens with zero attached hydrogens (tertiary/aromatic N) is 3. The molecule has 6 heteroatoms. The Morgan fingerprint density at radius 2 is 2.00 bits per heavy atom. The molecule has 1 aliphatic heterocycles. The normalized spacial score (nSPS) is 15.3. The van der Waals surface area contributed by atoms with Crippen LogP contribution in [0.5, 0.6) is 0 Å². The lowest BCUT2D eigenvalue weighted by Gasteiger charge is -2.32. The lowest BCUT2D eigenvalue weighted by Crippen LogP contribution is -2.36. The summed E-state index contributed by atoms with van der Waals surface area (Å²) in [4.78, 5) is 6.53. The first-order valence-corrected chi connectivity index (χ1v) is 8.33. The summed E-state index contributed by atoms with van der Waals surface area (Å²) in [5, 5.41) is 22.3. The fraction of sp³-hybridized carbons (Fsp3) is 0.263. The van der Waals surface area contributed by atoms with Gasteiger partial charge in [-0.1, -0.05) is 12.1 Å². The molecule has 0 radical (unpaired) electrons. The topological polar surface area (TPSA) is 85.3 Å². The number of piperidine rings is 1. The van der Waals surface area contributed by atoms with E-state index < -0.39 is 0 Å². The van der Waals surface area contributed by atoms with Crippen LogP contribution in [0.25, 0.3) is 11.1 Å². The van der Waals surface area contributed by atoms with Crippen LogP contribution >= 0.6 is 0 Å². The zero-order valence-electron chi connectivity index (χ0n) is 13.6. The van der Waals surface area contributed by atoms with E-state index in [0.29, 0.717) is 17.2 Å². The number of para-hydroxylation sites is 2. The third-order valence-electron chi connectivity index (χ3n) is 4.47. The Labute approximate surface area is 145 Å². The number of anilines is 3. The van der Waals surface area contributed by atoms with Crippen molar-refractivity contribution in [3.63, 3.8) is 0 Å². The molecule has 3 aromatic rings. The number of nitriles is 1. The molecule has 2 aromatic carbocycles. The lowest BCUT2D eigenvalue weighted by molar-refractivity contribution is 0.145. The highest BCUT2D eigenvalue weighted by Crippen LogP contribution is 2.28. The monoisotopic (exact) mass is 334 g/mol. The minimum absolute atomic E-state index is 0.234. The molecule has 25 heavy (non-hydrogen) atoms. The minimum Gasteiger partial charge on any atom is -0.423 e. The van der Waals surface area contributed by atoms with Gasteiger partial charge in [0.05, 0.1) is 17.4 Å². The van der Waals surface area contributed by atoms with Crippen molar-refractivity contribution in [2.24, 2.45) is 0 Å². The maximum absolute atomic E-state index is 9.65. The molecular weight excluding hydrogens is 316 g/mol. The first-order valence-electron chi connectivity index (χ1n) is 8.33. The summed E-state index contributed by atoms with van der Waals surface area (Å²) in [6, 6.07) is 15.9. The number of nitrogens with one attached hydrogen (secondary N) is 1. The van der Waals surface area contributed by atoms with Gasteiger partial charge in [0.1, 0.15) is 11.6 Å². The highest BCUT2D eigenvalue weighted by Gasteiger charge is 2.19. The standard InChI is InChI=1S/C19H18N4O2/c20-12-13-11-14(5-6-17(13)23-9-7-15(24)8-10-23)21-19-22-16-3-1-2-4-18(16)25-19/h1-6,11,15,24H,7-10H2,(H,21,22). The molecule has 1 aliphatic rings. The Bertz CT molecular complexity index is 903. The van der Waals surface area contributed by atoms with Gasteiger partial charge < -0.3 is 19.7 Å². The second kappa shape index (κ2) is 6.46. The number of oxazole rings is 1. The van der Waals surface area contributed by atoms with E-state index in [2.05, 4.69) is 21.3 Å². The molecule has 4 rings (SSSR count). The van der Waals surface area contributed by atoms with E-state index in [4.69, 9.17) is 4.42 Å². The highest BCUT2D eigenvalue weighted by atomic mass is 16.4. The fourth-order valence-electron chi connectivity index (χ4n) is 3.14. The molecule has 1 aromatic heterocycles. The van der Waals surface area contributed by atoms with Crippen LogP contribution in [0.1, 0.15) is 18.4 Å². The predicted molar refractivity (Wildman–Crippen MR) is 95.9 cm³/mol. The first kappa shape index (κ1) is 15.5. The van der Waals surface area contributed by atoms with Crippen LogP contribution in [-0.4, -0.2) is 29.3 Å². The number of aliphatic hydroxyl groups excluding tert-OH is 1. The van der Waals surface area contributed by atoms with E-state index in [9.17, 15) is 10.4 Å². The molecule has 2 N–H and O–H groups in total. The molecule has 0 aliphatic carbocycles. The van der Waals surface area contributed by atoms with Crippen LogP contribution in [0.4, 0.5) is 17.4 Å². The van der Waals surface area contributed by atoms with Crippen LogP contribution in [0, 0.1) is 11.3 Å². The van der Waals surface area contributed by atoms with Crippen molar-refractivity contribution >= 4 is 28.5 Å². The van der Waals surface area contributed by atoms with Gasteiger partial charge in [-0.05, 0) is 43.2 Å². The van der Waals surface area contributed by atoms with Gasteiger partial charge in [0.15, 0.2) is 5.58 Å². The molecule has 2 heterocycles. The third kappa shape index (κ3) is 3.14. The maximum atomic E-state index is 9.65. The quantitative estimate of drug-likeness (QED) is 0.763. The molecule has 0 saturated carbocycles. The van der Waals surface area contributed by atoms with Gasteiger partial charge in [-0.15, -0.1) is 0 Å². The summed E-state index contributed by atoms with van der Waals surface area (Å²) in [6.45, 7) is 1.52. The number of aromatic nitrogens is 1. The van der Waals surface area contributed by atoms with Crippen LogP contribution in [-0.2, 0) is 0 Å². The third-order valence-corrected chi connectivity index (χ3v) is 4.47. The lowest BCUT2D eigenvalue weighted by atomic mass is 10.1. The number of rotatable bonds is 3. The Hall–Kier alpha value is -3.04. The van der Waals surface area contributed by atoms with Gasteiger partial charge in [-0.3, -0.25) is 0 Å². The largest absolute Gasteiger partial charge is 0.423 e. The summed E-state index contributed by atoms with van der Waals surface area (Å²) in [5.41, 5.74) is 3.75. The zero-order valence-corrected chi connectivity index (χ0v) is 13.6. The van der Waals surface area contributed by atoms with Gasteiger partial charge >= 0.3 is 0 Å². The molecule has 1 saturated heterocycles. The van der Waals surface area contributed by atoms with Crippen molar-refractivity contribution in [1.29, 1.82) is 5.26 Å². The van der Waals surface area contributed by atoms with Crippen molar-refractivity contribution in [3.05, 3.63) is 48.0 Å². The molecule has 126 valence electrons. The average Bonchev–Trinajstić information content (AvgIpc) is 3.04. The average molecular weight is 334 g/mol. The van der Waals surface area contributed by atoms with Crippen LogP contribution in [0.3, 0.4) is 0 Å². The van der Waals surface area contributed by atoms with Gasteiger partial charge in [-0.2, -0.15) is 10.2 Å². The Kier molecular flexibility index (Phi) is 4.00. The van der Waals surface area contributed by atoms with Gasteiger partial charge in [0.25, 0.3) is 6.01 Å². The van der Waals surface area contributed by atoms with Gasteiger partial charge in [0, 0.05) is 18.8 Å². The van der Waals surface area contributed by atoms with Crippen molar-refractivity contribution in [2.75, 3.05) is 23.3 Å². The Balaban J connectivity index is 1.58. The fourth-order valence-corrected chi connectivity index (χ4v) is 3.14. The van der Waals surface area contributed by atoms with Crippen molar-refractivity contribution in [2.45, 2.75) is 18.9 Å². The van der Waals surface area contributed by atoms with Gasteiger partial charge in [-0.25, -0.2) is 0 Å². The molecule has 0 unspecified atom stereocenters. The smallest absolute Gasteiger partial charge is 0.300 e. The summed E-state index contributed by atoms with van der Waals surface area (Å²) in [6.07, 6.45) is 1.23. The zero-order chi connectivity index (χ0) is 17.2. The molecule has 0 bridgehead atoms. The summed E-state index contributed by atoms with van der Waals surface area (Å²) >= 11 is 0. The molecule has 1 fully saturated rings. The van der Waals surface area contributed by atoms with Crippen molar-refractivity contribution in [3.8, 4) is 6.07 Å². The van der Waals surface area contributed by atoms with Crippen LogP contribution in [0.2, 0.25) is 0 Å². The van der Waals surface area contributed by atoms with Crippen molar-refractivity contribution < 1.29 is 9.52 Å². The van der Waals surface area contributed by atoms with E-state index in [1.807, 2.05) is 36.4 Å². The van der Waals surface area contributed by atoms with Gasteiger partial charge in [0.2, 0.25) is 0 Å². The number of fused-ring (bicyclic) bond motifs is 1. The number of hydrogen-bond acceptors (Lipinski definition) is 6. The number of aliphatic hydroxyl groups is 1. The molecule has 0 amide bonds. The molecule has 0 atom stereocenters. The predicted octanol–water partition coefficient (Wildman–Crippen LogP) is 3.40. The Morgan fingerprint density at radius 1 is 1.20 bits per heavy atom. The van der Waals surface area contributed by atoms with E-state index in [0.717, 1.165) is 42.8 Å². The van der Waals surface area contributed by atoms with E-state index in [1.165, 1.54) is 0 Å². The summed E-state index contributed by atoms with van der Waals surface area (Å²) in [5.74, 6) is 0. The number of benzene rings is 2. The maximum Gasteiger partial charge on any atom is 0.300 e. The summed E-state index contributed by atoms with van der Waals surface area (Å²) < 4.78 is 5.66. The minimum atomic E-state index is -0.234. The second-order valence-corrected chi connectivity index (χ2v) is 6.17. The van der Waals surface area contributed by atoms with Crippen LogP contribution in [0.15, 0.2) is 46.9 Å². The molecular formula is C19H18N4O2. The van der Waals surface area contributed by atoms with E-state index in [1.54, 1.807) is 6.07 Å². The summed E-state index contributed by atoms with van der Waals surface area (Å²) in [7, 11) is 0. The highest BCUT2D eigenvalue weighted by molar-refractivity contribution is 5.75. The number of hydrogen-bond donors (Lipinski definition) is 2. The first-order chi connectivity index (χ1) is 12.2. The second-order valence-electron chi connectivity index (χ2n) is 6.17. The SMILES string of the molecule is N#Cc1cc(Nc2nc3ccccc3o2)ccc1N1CCC(O)CC1. The van der Waals surface area contributed by atoms with E-state index in [-0.39, 0.29) is 6.10 Å². The molecule has 6 nitrogen and oxygen atoms in total. The Morgan fingerprint density at radius 3 is 2.76 bits per heavy atom.